The van der Waals surface area contributed by atoms with Crippen LogP contribution in [-0.2, 0) is 13.5 Å². The fourth-order valence-electron chi connectivity index (χ4n) is 1.47. The van der Waals surface area contributed by atoms with Gasteiger partial charge in [-0.1, -0.05) is 0 Å². The van der Waals surface area contributed by atoms with E-state index in [1.807, 2.05) is 19.3 Å². The van der Waals surface area contributed by atoms with Gasteiger partial charge in [-0.15, -0.1) is 0 Å². The molecule has 0 spiro atoms. The zero-order chi connectivity index (χ0) is 12.3. The highest BCUT2D eigenvalue weighted by Gasteiger charge is 2.10. The largest absolute Gasteiger partial charge is 0.383 e. The summed E-state index contributed by atoms with van der Waals surface area (Å²) < 4.78 is 1.73. The standard InChI is InChI=1S/C10H14N6O/c1-16-5-3-7(15-16)2-4-12-10(17)8-6-13-14-9(8)11/h3,5-6H,2,4H2,1H3,(H,12,17)(H3,11,13,14). The fourth-order valence-corrected chi connectivity index (χ4v) is 1.47. The van der Waals surface area contributed by atoms with Gasteiger partial charge in [0.2, 0.25) is 0 Å². The van der Waals surface area contributed by atoms with Gasteiger partial charge in [-0.25, -0.2) is 0 Å². The van der Waals surface area contributed by atoms with Gasteiger partial charge in [0.05, 0.1) is 11.9 Å². The van der Waals surface area contributed by atoms with E-state index in [2.05, 4.69) is 20.6 Å². The molecule has 0 atom stereocenters. The second kappa shape index (κ2) is 4.69. The monoisotopic (exact) mass is 234 g/mol. The summed E-state index contributed by atoms with van der Waals surface area (Å²) in [4.78, 5) is 11.6. The van der Waals surface area contributed by atoms with Gasteiger partial charge >= 0.3 is 0 Å². The SMILES string of the molecule is Cn1ccc(CCNC(=O)c2cn[nH]c2N)n1. The number of amides is 1. The number of nitrogen functional groups attached to an aromatic ring is 1. The molecule has 2 aromatic heterocycles. The minimum Gasteiger partial charge on any atom is -0.383 e. The van der Waals surface area contributed by atoms with Crippen molar-refractivity contribution in [3.63, 3.8) is 0 Å². The lowest BCUT2D eigenvalue weighted by molar-refractivity contribution is 0.0955. The summed E-state index contributed by atoms with van der Waals surface area (Å²) in [5.74, 6) is 0.0486. The molecule has 0 aliphatic rings. The van der Waals surface area contributed by atoms with Gasteiger partial charge in [-0.3, -0.25) is 14.6 Å². The highest BCUT2D eigenvalue weighted by molar-refractivity contribution is 5.98. The third kappa shape index (κ3) is 2.63. The van der Waals surface area contributed by atoms with Crippen molar-refractivity contribution in [3.8, 4) is 0 Å². The highest BCUT2D eigenvalue weighted by atomic mass is 16.1. The first kappa shape index (κ1) is 11.2. The summed E-state index contributed by atoms with van der Waals surface area (Å²) >= 11 is 0. The minimum atomic E-state index is -0.229. The van der Waals surface area contributed by atoms with E-state index in [1.54, 1.807) is 4.68 Å². The molecule has 7 nitrogen and oxygen atoms in total. The molecule has 0 aliphatic carbocycles. The second-order valence-corrected chi connectivity index (χ2v) is 3.68. The van der Waals surface area contributed by atoms with Gasteiger partial charge in [-0.2, -0.15) is 10.2 Å². The van der Waals surface area contributed by atoms with Crippen LogP contribution in [0.5, 0.6) is 0 Å². The summed E-state index contributed by atoms with van der Waals surface area (Å²) in [5.41, 5.74) is 6.84. The normalized spacial score (nSPS) is 10.4. The molecule has 0 radical (unpaired) electrons. The van der Waals surface area contributed by atoms with Crippen LogP contribution in [0.25, 0.3) is 0 Å². The number of nitrogens with one attached hydrogen (secondary N) is 2. The number of anilines is 1. The number of rotatable bonds is 4. The van der Waals surface area contributed by atoms with Crippen LogP contribution in [0.1, 0.15) is 16.1 Å². The van der Waals surface area contributed by atoms with Gasteiger partial charge < -0.3 is 11.1 Å². The molecule has 2 rings (SSSR count). The maximum absolute atomic E-state index is 11.6. The van der Waals surface area contributed by atoms with Gasteiger partial charge in [0.25, 0.3) is 5.91 Å². The minimum absolute atomic E-state index is 0.229. The van der Waals surface area contributed by atoms with E-state index in [1.165, 1.54) is 6.20 Å². The molecule has 2 heterocycles. The lowest BCUT2D eigenvalue weighted by Gasteiger charge is -2.02. The average molecular weight is 234 g/mol. The Morgan fingerprint density at radius 3 is 3.06 bits per heavy atom. The van der Waals surface area contributed by atoms with E-state index >= 15 is 0 Å². The Labute approximate surface area is 98.0 Å². The molecule has 0 fully saturated rings. The summed E-state index contributed by atoms with van der Waals surface area (Å²) in [7, 11) is 1.86. The number of aromatic amines is 1. The van der Waals surface area contributed by atoms with Crippen LogP contribution >= 0.6 is 0 Å². The zero-order valence-electron chi connectivity index (χ0n) is 9.47. The number of hydrogen-bond acceptors (Lipinski definition) is 4. The molecule has 0 aliphatic heterocycles. The Balaban J connectivity index is 1.83. The van der Waals surface area contributed by atoms with Crippen molar-refractivity contribution in [1.82, 2.24) is 25.3 Å². The van der Waals surface area contributed by atoms with E-state index in [0.29, 0.717) is 18.5 Å². The van der Waals surface area contributed by atoms with Crippen LogP contribution in [0.3, 0.4) is 0 Å². The van der Waals surface area contributed by atoms with Crippen LogP contribution in [0.4, 0.5) is 5.82 Å². The van der Waals surface area contributed by atoms with Gasteiger partial charge in [0, 0.05) is 26.2 Å². The zero-order valence-corrected chi connectivity index (χ0v) is 9.47. The molecule has 0 saturated carbocycles. The number of carbonyl (C=O) groups is 1. The topological polar surface area (TPSA) is 102 Å². The van der Waals surface area contributed by atoms with Crippen LogP contribution in [0.2, 0.25) is 0 Å². The summed E-state index contributed by atoms with van der Waals surface area (Å²) in [6.07, 6.45) is 3.96. The molecule has 7 heteroatoms. The Morgan fingerprint density at radius 2 is 2.47 bits per heavy atom. The fraction of sp³-hybridized carbons (Fsp3) is 0.300. The maximum Gasteiger partial charge on any atom is 0.256 e. The molecular formula is C10H14N6O. The molecule has 17 heavy (non-hydrogen) atoms. The van der Waals surface area contributed by atoms with Crippen molar-refractivity contribution in [2.75, 3.05) is 12.3 Å². The molecule has 0 aromatic carbocycles. The number of nitrogens with zero attached hydrogens (tertiary/aromatic N) is 3. The Bertz CT molecular complexity index is 514. The quantitative estimate of drug-likeness (QED) is 0.675. The molecule has 2 aromatic rings. The van der Waals surface area contributed by atoms with E-state index in [9.17, 15) is 4.79 Å². The van der Waals surface area contributed by atoms with Crippen LogP contribution < -0.4 is 11.1 Å². The first-order valence-electron chi connectivity index (χ1n) is 5.22. The van der Waals surface area contributed by atoms with Gasteiger partial charge in [0.1, 0.15) is 11.4 Å². The van der Waals surface area contributed by atoms with E-state index in [4.69, 9.17) is 5.73 Å². The lowest BCUT2D eigenvalue weighted by atomic mass is 10.3. The number of aromatic nitrogens is 4. The summed E-state index contributed by atoms with van der Waals surface area (Å²) in [6.45, 7) is 0.514. The Kier molecular flexibility index (Phi) is 3.08. The third-order valence-corrected chi connectivity index (χ3v) is 2.35. The smallest absolute Gasteiger partial charge is 0.256 e. The first-order valence-corrected chi connectivity index (χ1v) is 5.22. The number of carbonyl (C=O) groups excluding carboxylic acids is 1. The molecule has 0 saturated heterocycles. The Hall–Kier alpha value is -2.31. The van der Waals surface area contributed by atoms with Crippen molar-refractivity contribution in [3.05, 3.63) is 29.7 Å². The number of H-pyrrole nitrogens is 1. The van der Waals surface area contributed by atoms with E-state index in [-0.39, 0.29) is 11.7 Å². The van der Waals surface area contributed by atoms with Crippen molar-refractivity contribution in [2.24, 2.45) is 7.05 Å². The van der Waals surface area contributed by atoms with Crippen molar-refractivity contribution < 1.29 is 4.79 Å². The van der Waals surface area contributed by atoms with Crippen molar-refractivity contribution in [1.29, 1.82) is 0 Å². The van der Waals surface area contributed by atoms with E-state index < -0.39 is 0 Å². The molecule has 1 amide bonds. The highest BCUT2D eigenvalue weighted by Crippen LogP contribution is 2.05. The summed E-state index contributed by atoms with van der Waals surface area (Å²) in [6, 6.07) is 1.92. The number of aryl methyl sites for hydroxylation is 1. The maximum atomic E-state index is 11.6. The van der Waals surface area contributed by atoms with Crippen molar-refractivity contribution in [2.45, 2.75) is 6.42 Å². The number of hydrogen-bond donors (Lipinski definition) is 3. The van der Waals surface area contributed by atoms with Crippen LogP contribution in [0.15, 0.2) is 18.5 Å². The molecule has 0 unspecified atom stereocenters. The average Bonchev–Trinajstić information content (AvgIpc) is 2.87. The van der Waals surface area contributed by atoms with E-state index in [0.717, 1.165) is 5.69 Å². The first-order chi connectivity index (χ1) is 8.16. The Morgan fingerprint density at radius 1 is 1.65 bits per heavy atom. The molecule has 90 valence electrons. The predicted molar refractivity (Wildman–Crippen MR) is 62.2 cm³/mol. The van der Waals surface area contributed by atoms with Gasteiger partial charge in [0.15, 0.2) is 0 Å². The molecule has 4 N–H and O–H groups in total. The lowest BCUT2D eigenvalue weighted by Crippen LogP contribution is -2.26. The molecule has 0 bridgehead atoms. The molecular weight excluding hydrogens is 220 g/mol. The van der Waals surface area contributed by atoms with Crippen molar-refractivity contribution >= 4 is 11.7 Å². The third-order valence-electron chi connectivity index (χ3n) is 2.35. The van der Waals surface area contributed by atoms with Crippen LogP contribution in [-0.4, -0.2) is 32.4 Å². The second-order valence-electron chi connectivity index (χ2n) is 3.68. The predicted octanol–water partition coefficient (Wildman–Crippen LogP) is -0.302. The number of nitrogens with two attached hydrogens (primary N) is 1. The van der Waals surface area contributed by atoms with Crippen LogP contribution in [0, 0.1) is 0 Å². The van der Waals surface area contributed by atoms with Gasteiger partial charge in [-0.05, 0) is 6.07 Å². The summed E-state index contributed by atoms with van der Waals surface area (Å²) in [5, 5.41) is 13.2.